The summed E-state index contributed by atoms with van der Waals surface area (Å²) in [6.45, 7) is 4.14. The van der Waals surface area contributed by atoms with Crippen LogP contribution < -0.4 is 15.2 Å². The Kier molecular flexibility index (Phi) is 3.09. The molecule has 0 aliphatic carbocycles. The molecule has 3 N–H and O–H groups in total. The third-order valence-electron chi connectivity index (χ3n) is 3.85. The summed E-state index contributed by atoms with van der Waals surface area (Å²) in [5.41, 5.74) is 7.51. The number of carbonyl (C=O) groups excluding carboxylic acids is 1. The third-order valence-corrected chi connectivity index (χ3v) is 3.85. The summed E-state index contributed by atoms with van der Waals surface area (Å²) in [7, 11) is 0. The monoisotopic (exact) mass is 277 g/mol. The number of fused-ring (bicyclic) bond motifs is 2. The molecule has 1 aromatic carbocycles. The second-order valence-corrected chi connectivity index (χ2v) is 5.57. The van der Waals surface area contributed by atoms with Crippen molar-refractivity contribution in [2.45, 2.75) is 45.3 Å². The quantitative estimate of drug-likeness (QED) is 0.820. The number of hydrogen-bond donors (Lipinski definition) is 2. The van der Waals surface area contributed by atoms with Gasteiger partial charge in [0.2, 0.25) is 0 Å². The highest BCUT2D eigenvalue weighted by Crippen LogP contribution is 2.50. The molecule has 3 rings (SSSR count). The van der Waals surface area contributed by atoms with Crippen molar-refractivity contribution in [3.8, 4) is 17.2 Å². The highest BCUT2D eigenvalue weighted by atomic mass is 16.5. The van der Waals surface area contributed by atoms with E-state index in [1.54, 1.807) is 0 Å². The minimum atomic E-state index is -0.0414. The lowest BCUT2D eigenvalue weighted by Crippen LogP contribution is -2.13. The van der Waals surface area contributed by atoms with Gasteiger partial charge in [0.1, 0.15) is 18.0 Å². The minimum Gasteiger partial charge on any atom is -0.504 e. The Balaban J connectivity index is 2.20. The molecule has 0 fully saturated rings. The normalized spacial score (nSPS) is 22.9. The predicted octanol–water partition coefficient (Wildman–Crippen LogP) is 1.57. The Hall–Kier alpha value is -1.75. The molecule has 2 atom stereocenters. The number of ketones is 1. The molecular weight excluding hydrogens is 258 g/mol. The molecule has 2 aliphatic heterocycles. The highest BCUT2D eigenvalue weighted by molar-refractivity contribution is 6.02. The molecule has 2 aliphatic rings. The zero-order chi connectivity index (χ0) is 14.4. The van der Waals surface area contributed by atoms with Gasteiger partial charge in [-0.05, 0) is 20.4 Å². The summed E-state index contributed by atoms with van der Waals surface area (Å²) >= 11 is 0. The number of Topliss-reactive ketones (excluding diaryl/α,β-unsaturated/α-hetero) is 1. The van der Waals surface area contributed by atoms with Gasteiger partial charge in [0.25, 0.3) is 0 Å². The second-order valence-electron chi connectivity index (χ2n) is 5.57. The zero-order valence-corrected chi connectivity index (χ0v) is 11.7. The number of benzene rings is 1. The second kappa shape index (κ2) is 4.66. The van der Waals surface area contributed by atoms with E-state index >= 15 is 0 Å². The van der Waals surface area contributed by atoms with Crippen molar-refractivity contribution in [2.24, 2.45) is 5.73 Å². The number of rotatable bonds is 3. The lowest BCUT2D eigenvalue weighted by atomic mass is 9.93. The van der Waals surface area contributed by atoms with Crippen LogP contribution in [0.2, 0.25) is 0 Å². The Morgan fingerprint density at radius 2 is 1.80 bits per heavy atom. The van der Waals surface area contributed by atoms with Crippen molar-refractivity contribution in [1.29, 1.82) is 0 Å². The topological polar surface area (TPSA) is 81.8 Å². The zero-order valence-electron chi connectivity index (χ0n) is 11.7. The van der Waals surface area contributed by atoms with Crippen molar-refractivity contribution in [1.82, 2.24) is 0 Å². The summed E-state index contributed by atoms with van der Waals surface area (Å²) in [5.74, 6) is 1.08. The number of nitrogens with two attached hydrogens (primary N) is 1. The molecule has 0 saturated heterocycles. The first-order valence-corrected chi connectivity index (χ1v) is 7.00. The van der Waals surface area contributed by atoms with E-state index in [-0.39, 0.29) is 30.2 Å². The Morgan fingerprint density at radius 3 is 2.45 bits per heavy atom. The maximum absolute atomic E-state index is 12.4. The van der Waals surface area contributed by atoms with Crippen molar-refractivity contribution < 1.29 is 19.4 Å². The van der Waals surface area contributed by atoms with Gasteiger partial charge in [-0.3, -0.25) is 4.79 Å². The third kappa shape index (κ3) is 1.85. The first-order valence-electron chi connectivity index (χ1n) is 7.00. The summed E-state index contributed by atoms with van der Waals surface area (Å²) < 4.78 is 11.4. The van der Waals surface area contributed by atoms with E-state index in [1.807, 2.05) is 13.8 Å². The highest BCUT2D eigenvalue weighted by Gasteiger charge is 2.37. The van der Waals surface area contributed by atoms with Crippen LogP contribution in [-0.2, 0) is 12.8 Å². The van der Waals surface area contributed by atoms with Crippen LogP contribution in [0.4, 0.5) is 0 Å². The number of aromatic hydroxyl groups is 1. The molecule has 0 amide bonds. The number of phenols is 1. The van der Waals surface area contributed by atoms with Crippen molar-refractivity contribution in [2.75, 3.05) is 6.54 Å². The SMILES string of the molecule is CC1Cc2c(c(O)c3c(c2C(=O)CCN)OC(C)C3)O1. The molecule has 5 heteroatoms. The van der Waals surface area contributed by atoms with E-state index in [0.717, 1.165) is 5.56 Å². The molecule has 0 spiro atoms. The Morgan fingerprint density at radius 1 is 1.20 bits per heavy atom. The number of phenolic OH excluding ortho intramolecular Hbond substituents is 1. The largest absolute Gasteiger partial charge is 0.504 e. The van der Waals surface area contributed by atoms with Crippen LogP contribution in [0, 0.1) is 0 Å². The van der Waals surface area contributed by atoms with E-state index in [9.17, 15) is 9.90 Å². The van der Waals surface area contributed by atoms with Gasteiger partial charge in [0, 0.05) is 30.4 Å². The molecule has 0 bridgehead atoms. The number of carbonyl (C=O) groups is 1. The van der Waals surface area contributed by atoms with E-state index in [2.05, 4.69) is 0 Å². The molecule has 108 valence electrons. The first kappa shape index (κ1) is 13.2. The summed E-state index contributed by atoms with van der Waals surface area (Å²) in [6, 6.07) is 0. The Bertz CT molecular complexity index is 543. The fourth-order valence-electron chi connectivity index (χ4n) is 3.04. The van der Waals surface area contributed by atoms with Crippen molar-refractivity contribution in [3.63, 3.8) is 0 Å². The molecular formula is C15H19NO4. The maximum atomic E-state index is 12.4. The van der Waals surface area contributed by atoms with E-state index in [0.29, 0.717) is 42.0 Å². The van der Waals surface area contributed by atoms with Crippen LogP contribution in [0.15, 0.2) is 0 Å². The van der Waals surface area contributed by atoms with E-state index in [1.165, 1.54) is 0 Å². The molecule has 20 heavy (non-hydrogen) atoms. The molecule has 5 nitrogen and oxygen atoms in total. The smallest absolute Gasteiger partial charge is 0.168 e. The standard InChI is InChI=1S/C15H19NO4/c1-7-5-9-12(11(17)3-4-16)14-10(6-8(2)19-14)13(18)15(9)20-7/h7-8,18H,3-6,16H2,1-2H3. The van der Waals surface area contributed by atoms with Gasteiger partial charge in [-0.1, -0.05) is 0 Å². The number of ether oxygens (including phenoxy) is 2. The molecule has 0 aromatic heterocycles. The maximum Gasteiger partial charge on any atom is 0.168 e. The van der Waals surface area contributed by atoms with Gasteiger partial charge in [0.15, 0.2) is 17.3 Å². The lowest BCUT2D eigenvalue weighted by molar-refractivity contribution is 0.0980. The van der Waals surface area contributed by atoms with E-state index in [4.69, 9.17) is 15.2 Å². The van der Waals surface area contributed by atoms with Crippen LogP contribution in [0.1, 0.15) is 41.8 Å². The average Bonchev–Trinajstić information content (AvgIpc) is 2.93. The summed E-state index contributed by atoms with van der Waals surface area (Å²) in [5, 5.41) is 10.4. The van der Waals surface area contributed by atoms with Crippen molar-refractivity contribution >= 4 is 5.78 Å². The van der Waals surface area contributed by atoms with Crippen molar-refractivity contribution in [3.05, 3.63) is 16.7 Å². The van der Waals surface area contributed by atoms with Gasteiger partial charge in [-0.25, -0.2) is 0 Å². The van der Waals surface area contributed by atoms with Gasteiger partial charge in [-0.2, -0.15) is 0 Å². The van der Waals surface area contributed by atoms with Crippen LogP contribution in [-0.4, -0.2) is 29.6 Å². The van der Waals surface area contributed by atoms with Crippen LogP contribution in [0.3, 0.4) is 0 Å². The minimum absolute atomic E-state index is 0.0354. The van der Waals surface area contributed by atoms with Crippen LogP contribution in [0.25, 0.3) is 0 Å². The van der Waals surface area contributed by atoms with E-state index < -0.39 is 0 Å². The van der Waals surface area contributed by atoms with Crippen LogP contribution in [0.5, 0.6) is 17.2 Å². The Labute approximate surface area is 117 Å². The average molecular weight is 277 g/mol. The molecule has 0 radical (unpaired) electrons. The fraction of sp³-hybridized carbons (Fsp3) is 0.533. The lowest BCUT2D eigenvalue weighted by Gasteiger charge is -2.14. The molecule has 2 heterocycles. The van der Waals surface area contributed by atoms with Gasteiger partial charge in [-0.15, -0.1) is 0 Å². The molecule has 0 saturated carbocycles. The van der Waals surface area contributed by atoms with Gasteiger partial charge >= 0.3 is 0 Å². The van der Waals surface area contributed by atoms with Gasteiger partial charge in [0.05, 0.1) is 5.56 Å². The molecule has 2 unspecified atom stereocenters. The first-order chi connectivity index (χ1) is 9.52. The molecule has 1 aromatic rings. The van der Waals surface area contributed by atoms with Gasteiger partial charge < -0.3 is 20.3 Å². The fourth-order valence-corrected chi connectivity index (χ4v) is 3.04. The summed E-state index contributed by atoms with van der Waals surface area (Å²) in [4.78, 5) is 12.4. The summed E-state index contributed by atoms with van der Waals surface area (Å²) in [6.07, 6.45) is 1.39. The predicted molar refractivity (Wildman–Crippen MR) is 73.7 cm³/mol. The number of hydrogen-bond acceptors (Lipinski definition) is 5. The van der Waals surface area contributed by atoms with Crippen LogP contribution >= 0.6 is 0 Å².